The molecule has 0 radical (unpaired) electrons. The number of hydrogen-bond acceptors (Lipinski definition) is 4. The summed E-state index contributed by atoms with van der Waals surface area (Å²) in [6, 6.07) is 0. The maximum absolute atomic E-state index is 11.8. The van der Waals surface area contributed by atoms with Crippen molar-refractivity contribution in [2.24, 2.45) is 0 Å². The minimum absolute atomic E-state index is 0.256. The van der Waals surface area contributed by atoms with Crippen LogP contribution >= 0.6 is 0 Å². The molecule has 0 aliphatic carbocycles. The Bertz CT molecular complexity index is 507. The van der Waals surface area contributed by atoms with Crippen molar-refractivity contribution in [3.63, 3.8) is 0 Å². The second-order valence-corrected chi connectivity index (χ2v) is 6.71. The van der Waals surface area contributed by atoms with Crippen molar-refractivity contribution in [1.82, 2.24) is 4.90 Å². The standard InChI is InChI=1S/C16H28N2O2/c1-7-9-17(5)10-8-11-18(6)13-12(16(2,3)4)14(19)15(13)20/h7-11H2,1-6H3. The molecule has 0 aliphatic rings. The Morgan fingerprint density at radius 3 is 2.05 bits per heavy atom. The summed E-state index contributed by atoms with van der Waals surface area (Å²) in [6.45, 7) is 11.0. The van der Waals surface area contributed by atoms with E-state index in [2.05, 4.69) is 18.9 Å². The van der Waals surface area contributed by atoms with Crippen molar-refractivity contribution >= 4 is 5.69 Å². The monoisotopic (exact) mass is 280 g/mol. The lowest BCUT2D eigenvalue weighted by molar-refractivity contribution is 0.331. The second kappa shape index (κ2) is 6.53. The van der Waals surface area contributed by atoms with Crippen LogP contribution in [0.1, 0.15) is 46.1 Å². The van der Waals surface area contributed by atoms with Gasteiger partial charge in [-0.2, -0.15) is 0 Å². The van der Waals surface area contributed by atoms with E-state index in [1.807, 2.05) is 32.7 Å². The molecule has 4 heteroatoms. The molecule has 0 aliphatic heterocycles. The summed E-state index contributed by atoms with van der Waals surface area (Å²) in [6.07, 6.45) is 2.15. The lowest BCUT2D eigenvalue weighted by Crippen LogP contribution is -2.46. The van der Waals surface area contributed by atoms with E-state index in [0.717, 1.165) is 32.5 Å². The van der Waals surface area contributed by atoms with Gasteiger partial charge in [0.15, 0.2) is 0 Å². The first kappa shape index (κ1) is 16.9. The van der Waals surface area contributed by atoms with Crippen molar-refractivity contribution in [2.45, 2.75) is 46.0 Å². The molecule has 0 atom stereocenters. The molecule has 1 aromatic carbocycles. The van der Waals surface area contributed by atoms with E-state index in [1.165, 1.54) is 0 Å². The fourth-order valence-electron chi connectivity index (χ4n) is 2.62. The van der Waals surface area contributed by atoms with Gasteiger partial charge in [-0.15, -0.1) is 0 Å². The van der Waals surface area contributed by atoms with Gasteiger partial charge in [0.1, 0.15) is 0 Å². The van der Waals surface area contributed by atoms with E-state index >= 15 is 0 Å². The summed E-state index contributed by atoms with van der Waals surface area (Å²) in [7, 11) is 4.02. The van der Waals surface area contributed by atoms with E-state index in [-0.39, 0.29) is 16.3 Å². The highest BCUT2D eigenvalue weighted by Crippen LogP contribution is 2.27. The average Bonchev–Trinajstić information content (AvgIpc) is 2.33. The lowest BCUT2D eigenvalue weighted by Gasteiger charge is -2.29. The zero-order valence-corrected chi connectivity index (χ0v) is 13.7. The molecule has 4 nitrogen and oxygen atoms in total. The Morgan fingerprint density at radius 2 is 1.55 bits per heavy atom. The molecule has 0 fully saturated rings. The Kier molecular flexibility index (Phi) is 5.51. The van der Waals surface area contributed by atoms with Gasteiger partial charge in [0.2, 0.25) is 10.9 Å². The van der Waals surface area contributed by atoms with Gasteiger partial charge >= 0.3 is 0 Å². The average molecular weight is 280 g/mol. The molecular weight excluding hydrogens is 252 g/mol. The highest BCUT2D eigenvalue weighted by Gasteiger charge is 2.31. The molecule has 0 saturated heterocycles. The van der Waals surface area contributed by atoms with E-state index in [1.54, 1.807) is 0 Å². The maximum atomic E-state index is 11.8. The first-order valence-electron chi connectivity index (χ1n) is 7.43. The van der Waals surface area contributed by atoms with Gasteiger partial charge in [-0.25, -0.2) is 0 Å². The SMILES string of the molecule is CCCN(C)CCCN(C)c1c(C(C)(C)C)c(=O)c1=O. The first-order chi connectivity index (χ1) is 9.20. The molecule has 0 N–H and O–H groups in total. The number of rotatable bonds is 7. The normalized spacial score (nSPS) is 12.3. The van der Waals surface area contributed by atoms with Crippen LogP contribution in [0.3, 0.4) is 0 Å². The first-order valence-corrected chi connectivity index (χ1v) is 7.43. The Hall–Kier alpha value is -1.16. The molecule has 1 rings (SSSR count). The summed E-state index contributed by atoms with van der Waals surface area (Å²) in [5, 5.41) is 0. The van der Waals surface area contributed by atoms with Crippen LogP contribution in [0.4, 0.5) is 5.69 Å². The quantitative estimate of drug-likeness (QED) is 0.714. The summed E-state index contributed by atoms with van der Waals surface area (Å²) in [4.78, 5) is 27.8. The van der Waals surface area contributed by atoms with E-state index < -0.39 is 0 Å². The highest BCUT2D eigenvalue weighted by molar-refractivity contribution is 5.60. The fourth-order valence-corrected chi connectivity index (χ4v) is 2.62. The van der Waals surface area contributed by atoms with Gasteiger partial charge in [0.05, 0.1) is 5.69 Å². The minimum Gasteiger partial charge on any atom is -0.371 e. The molecule has 20 heavy (non-hydrogen) atoms. The predicted molar refractivity (Wildman–Crippen MR) is 85.7 cm³/mol. The topological polar surface area (TPSA) is 40.6 Å². The molecule has 114 valence electrons. The van der Waals surface area contributed by atoms with Gasteiger partial charge in [-0.05, 0) is 38.4 Å². The van der Waals surface area contributed by atoms with Crippen LogP contribution in [0, 0.1) is 0 Å². The lowest BCUT2D eigenvalue weighted by atomic mass is 9.82. The van der Waals surface area contributed by atoms with Crippen LogP contribution in [-0.2, 0) is 5.41 Å². The van der Waals surface area contributed by atoms with Gasteiger partial charge in [0, 0.05) is 19.2 Å². The highest BCUT2D eigenvalue weighted by atomic mass is 16.2. The van der Waals surface area contributed by atoms with E-state index in [0.29, 0.717) is 11.3 Å². The molecule has 0 saturated carbocycles. The molecule has 1 aromatic rings. The molecule has 0 spiro atoms. The summed E-state index contributed by atoms with van der Waals surface area (Å²) in [5.41, 5.74) is 0.433. The molecule has 0 heterocycles. The predicted octanol–water partition coefficient (Wildman–Crippen LogP) is 1.75. The number of hydrogen-bond donors (Lipinski definition) is 0. The summed E-state index contributed by atoms with van der Waals surface area (Å²) < 4.78 is 0. The van der Waals surface area contributed by atoms with Crippen LogP contribution in [-0.4, -0.2) is 38.6 Å². The molecule has 0 aromatic heterocycles. The number of anilines is 1. The maximum Gasteiger partial charge on any atom is 0.249 e. The third kappa shape index (κ3) is 3.69. The third-order valence-electron chi connectivity index (χ3n) is 3.66. The number of nitrogens with zero attached hydrogens (tertiary/aromatic N) is 2. The van der Waals surface area contributed by atoms with Crippen molar-refractivity contribution in [3.05, 3.63) is 26.0 Å². The molecule has 0 amide bonds. The molecular formula is C16H28N2O2. The van der Waals surface area contributed by atoms with Gasteiger partial charge in [-0.3, -0.25) is 9.59 Å². The zero-order valence-electron chi connectivity index (χ0n) is 13.7. The van der Waals surface area contributed by atoms with Crippen LogP contribution in [0.25, 0.3) is 0 Å². The van der Waals surface area contributed by atoms with Gasteiger partial charge in [0.25, 0.3) is 0 Å². The van der Waals surface area contributed by atoms with E-state index in [4.69, 9.17) is 0 Å². The second-order valence-electron chi connectivity index (χ2n) is 6.71. The Labute approximate surface area is 122 Å². The zero-order chi connectivity index (χ0) is 15.5. The van der Waals surface area contributed by atoms with Gasteiger partial charge < -0.3 is 9.80 Å². The Balaban J connectivity index is 2.66. The largest absolute Gasteiger partial charge is 0.371 e. The van der Waals surface area contributed by atoms with Crippen LogP contribution < -0.4 is 15.8 Å². The van der Waals surface area contributed by atoms with Crippen LogP contribution in [0.2, 0.25) is 0 Å². The van der Waals surface area contributed by atoms with Crippen LogP contribution in [0.5, 0.6) is 0 Å². The Morgan fingerprint density at radius 1 is 0.950 bits per heavy atom. The van der Waals surface area contributed by atoms with Gasteiger partial charge in [-0.1, -0.05) is 27.7 Å². The summed E-state index contributed by atoms with van der Waals surface area (Å²) >= 11 is 0. The summed E-state index contributed by atoms with van der Waals surface area (Å²) in [5.74, 6) is 0. The van der Waals surface area contributed by atoms with Crippen molar-refractivity contribution in [2.75, 3.05) is 38.6 Å². The van der Waals surface area contributed by atoms with E-state index in [9.17, 15) is 9.59 Å². The van der Waals surface area contributed by atoms with Crippen molar-refractivity contribution < 1.29 is 0 Å². The smallest absolute Gasteiger partial charge is 0.249 e. The van der Waals surface area contributed by atoms with Crippen LogP contribution in [0.15, 0.2) is 9.59 Å². The molecule has 0 bridgehead atoms. The van der Waals surface area contributed by atoms with Crippen molar-refractivity contribution in [1.29, 1.82) is 0 Å². The minimum atomic E-state index is -0.320. The fraction of sp³-hybridized carbons (Fsp3) is 0.750. The molecule has 0 unspecified atom stereocenters. The third-order valence-corrected chi connectivity index (χ3v) is 3.66. The van der Waals surface area contributed by atoms with Crippen molar-refractivity contribution in [3.8, 4) is 0 Å².